The third-order valence-electron chi connectivity index (χ3n) is 4.21. The number of ether oxygens (including phenoxy) is 1. The Morgan fingerprint density at radius 3 is 2.87 bits per heavy atom. The van der Waals surface area contributed by atoms with Crippen molar-refractivity contribution < 1.29 is 9.53 Å². The van der Waals surface area contributed by atoms with Crippen LogP contribution in [0.4, 0.5) is 0 Å². The number of thiophene rings is 1. The van der Waals surface area contributed by atoms with Gasteiger partial charge in [-0.15, -0.1) is 21.5 Å². The molecule has 0 aliphatic carbocycles. The van der Waals surface area contributed by atoms with E-state index in [4.69, 9.17) is 4.74 Å². The average Bonchev–Trinajstić information content (AvgIpc) is 3.47. The molecule has 3 heterocycles. The molecule has 4 rings (SSSR count). The predicted octanol–water partition coefficient (Wildman–Crippen LogP) is 3.81. The van der Waals surface area contributed by atoms with E-state index in [0.717, 1.165) is 16.3 Å². The van der Waals surface area contributed by atoms with Gasteiger partial charge in [-0.3, -0.25) is 14.3 Å². The highest BCUT2D eigenvalue weighted by Gasteiger charge is 2.18. The molecule has 0 aliphatic rings. The number of carbonyl (C=O) groups excluding carboxylic acids is 1. The summed E-state index contributed by atoms with van der Waals surface area (Å²) < 4.78 is 7.26. The van der Waals surface area contributed by atoms with Crippen LogP contribution in [0.25, 0.3) is 17.2 Å². The number of benzene rings is 1. The Morgan fingerprint density at radius 2 is 2.10 bits per heavy atom. The molecule has 0 saturated carbocycles. The minimum atomic E-state index is -0.0621. The number of pyridine rings is 1. The molecule has 0 radical (unpaired) electrons. The second-order valence-corrected chi connectivity index (χ2v) is 8.18. The van der Waals surface area contributed by atoms with E-state index >= 15 is 0 Å². The van der Waals surface area contributed by atoms with Crippen molar-refractivity contribution in [3.63, 3.8) is 0 Å². The highest BCUT2D eigenvalue weighted by molar-refractivity contribution is 7.99. The molecule has 1 N–H and O–H groups in total. The standard InChI is InChI=1S/C21H19N5O2S2/c1-28-16-7-4-6-15(12-16)26-20(18-9-2-3-10-22-18)24-25-21(26)30-14-19(27)23-13-17-8-5-11-29-17/h2-12H,13-14H2,1H3,(H,23,27). The van der Waals surface area contributed by atoms with Gasteiger partial charge in [0.15, 0.2) is 11.0 Å². The Bertz CT molecular complexity index is 1110. The first-order valence-corrected chi connectivity index (χ1v) is 11.0. The van der Waals surface area contributed by atoms with Crippen LogP contribution in [0.3, 0.4) is 0 Å². The Morgan fingerprint density at radius 1 is 1.17 bits per heavy atom. The number of nitrogens with zero attached hydrogens (tertiary/aromatic N) is 4. The lowest BCUT2D eigenvalue weighted by Gasteiger charge is -2.11. The van der Waals surface area contributed by atoms with Crippen molar-refractivity contribution in [1.82, 2.24) is 25.1 Å². The predicted molar refractivity (Wildman–Crippen MR) is 118 cm³/mol. The first-order valence-electron chi connectivity index (χ1n) is 9.18. The second-order valence-electron chi connectivity index (χ2n) is 6.20. The van der Waals surface area contributed by atoms with Gasteiger partial charge >= 0.3 is 0 Å². The highest BCUT2D eigenvalue weighted by atomic mass is 32.2. The minimum absolute atomic E-state index is 0.0621. The fourth-order valence-corrected chi connectivity index (χ4v) is 4.21. The van der Waals surface area contributed by atoms with Crippen molar-refractivity contribution in [2.45, 2.75) is 11.7 Å². The highest BCUT2D eigenvalue weighted by Crippen LogP contribution is 2.28. The number of hydrogen-bond donors (Lipinski definition) is 1. The maximum atomic E-state index is 12.3. The van der Waals surface area contributed by atoms with E-state index in [-0.39, 0.29) is 11.7 Å². The van der Waals surface area contributed by atoms with E-state index < -0.39 is 0 Å². The molecule has 30 heavy (non-hydrogen) atoms. The summed E-state index contributed by atoms with van der Waals surface area (Å²) in [4.78, 5) is 17.8. The van der Waals surface area contributed by atoms with E-state index in [0.29, 0.717) is 23.2 Å². The largest absolute Gasteiger partial charge is 0.497 e. The zero-order chi connectivity index (χ0) is 20.8. The van der Waals surface area contributed by atoms with E-state index in [2.05, 4.69) is 20.5 Å². The summed E-state index contributed by atoms with van der Waals surface area (Å²) in [6.07, 6.45) is 1.71. The minimum Gasteiger partial charge on any atom is -0.497 e. The Balaban J connectivity index is 1.58. The van der Waals surface area contributed by atoms with Crippen molar-refractivity contribution in [3.8, 4) is 23.0 Å². The molecular formula is C21H19N5O2S2. The van der Waals surface area contributed by atoms with E-state index in [1.54, 1.807) is 24.6 Å². The lowest BCUT2D eigenvalue weighted by molar-refractivity contribution is -0.118. The summed E-state index contributed by atoms with van der Waals surface area (Å²) in [5.74, 6) is 1.49. The fraction of sp³-hybridized carbons (Fsp3) is 0.143. The van der Waals surface area contributed by atoms with Crippen LogP contribution in [0.5, 0.6) is 5.75 Å². The summed E-state index contributed by atoms with van der Waals surface area (Å²) in [5, 5.41) is 14.2. The molecule has 4 aromatic rings. The maximum absolute atomic E-state index is 12.3. The number of nitrogens with one attached hydrogen (secondary N) is 1. The van der Waals surface area contributed by atoms with Crippen LogP contribution in [0, 0.1) is 0 Å². The zero-order valence-electron chi connectivity index (χ0n) is 16.2. The summed E-state index contributed by atoms with van der Waals surface area (Å²) >= 11 is 2.94. The van der Waals surface area contributed by atoms with E-state index in [1.807, 2.05) is 64.5 Å². The van der Waals surface area contributed by atoms with Crippen LogP contribution in [0.2, 0.25) is 0 Å². The summed E-state index contributed by atoms with van der Waals surface area (Å²) in [7, 11) is 1.62. The van der Waals surface area contributed by atoms with Gasteiger partial charge in [0.1, 0.15) is 11.4 Å². The first-order chi connectivity index (χ1) is 14.7. The van der Waals surface area contributed by atoms with Crippen LogP contribution in [-0.2, 0) is 11.3 Å². The van der Waals surface area contributed by atoms with E-state index in [9.17, 15) is 4.79 Å². The molecule has 152 valence electrons. The number of amides is 1. The number of methoxy groups -OCH3 is 1. The summed E-state index contributed by atoms with van der Waals surface area (Å²) in [6, 6.07) is 17.2. The fourth-order valence-electron chi connectivity index (χ4n) is 2.79. The second kappa shape index (κ2) is 9.55. The van der Waals surface area contributed by atoms with Gasteiger partial charge in [-0.1, -0.05) is 30.0 Å². The molecule has 0 bridgehead atoms. The normalized spacial score (nSPS) is 10.7. The van der Waals surface area contributed by atoms with Gasteiger partial charge in [0.25, 0.3) is 0 Å². The van der Waals surface area contributed by atoms with Gasteiger partial charge in [0, 0.05) is 17.1 Å². The number of thioether (sulfide) groups is 1. The molecule has 1 amide bonds. The lowest BCUT2D eigenvalue weighted by Crippen LogP contribution is -2.24. The van der Waals surface area contributed by atoms with Crippen LogP contribution in [0.15, 0.2) is 71.3 Å². The Labute approximate surface area is 182 Å². The number of rotatable bonds is 8. The van der Waals surface area contributed by atoms with Crippen LogP contribution in [-0.4, -0.2) is 38.5 Å². The molecule has 9 heteroatoms. The van der Waals surface area contributed by atoms with Gasteiger partial charge in [0.05, 0.1) is 25.1 Å². The lowest BCUT2D eigenvalue weighted by atomic mass is 10.2. The van der Waals surface area contributed by atoms with Crippen LogP contribution in [0.1, 0.15) is 4.88 Å². The molecule has 0 fully saturated rings. The number of carbonyl (C=O) groups is 1. The topological polar surface area (TPSA) is 81.9 Å². The number of hydrogen-bond acceptors (Lipinski definition) is 7. The van der Waals surface area contributed by atoms with Crippen molar-refractivity contribution in [1.29, 1.82) is 0 Å². The quantitative estimate of drug-likeness (QED) is 0.422. The molecular weight excluding hydrogens is 418 g/mol. The molecule has 0 atom stereocenters. The van der Waals surface area contributed by atoms with Crippen molar-refractivity contribution in [2.24, 2.45) is 0 Å². The van der Waals surface area contributed by atoms with Gasteiger partial charge in [-0.25, -0.2) is 0 Å². The SMILES string of the molecule is COc1cccc(-n2c(SCC(=O)NCc3cccs3)nnc2-c2ccccn2)c1. The van der Waals surface area contributed by atoms with Crippen molar-refractivity contribution in [2.75, 3.05) is 12.9 Å². The molecule has 0 aliphatic heterocycles. The average molecular weight is 438 g/mol. The van der Waals surface area contributed by atoms with Crippen molar-refractivity contribution in [3.05, 3.63) is 71.1 Å². The maximum Gasteiger partial charge on any atom is 0.230 e. The molecule has 0 spiro atoms. The molecule has 0 unspecified atom stereocenters. The molecule has 0 saturated heterocycles. The Hall–Kier alpha value is -3.17. The van der Waals surface area contributed by atoms with Crippen LogP contribution >= 0.6 is 23.1 Å². The third kappa shape index (κ3) is 4.69. The van der Waals surface area contributed by atoms with Gasteiger partial charge in [-0.2, -0.15) is 0 Å². The van der Waals surface area contributed by atoms with Gasteiger partial charge < -0.3 is 10.1 Å². The summed E-state index contributed by atoms with van der Waals surface area (Å²) in [6.45, 7) is 0.527. The molecule has 1 aromatic carbocycles. The molecule has 7 nitrogen and oxygen atoms in total. The first kappa shape index (κ1) is 20.1. The monoisotopic (exact) mass is 437 g/mol. The smallest absolute Gasteiger partial charge is 0.230 e. The van der Waals surface area contributed by atoms with E-state index in [1.165, 1.54) is 11.8 Å². The van der Waals surface area contributed by atoms with Crippen LogP contribution < -0.4 is 10.1 Å². The number of aromatic nitrogens is 4. The van der Waals surface area contributed by atoms with Gasteiger partial charge in [0.2, 0.25) is 5.91 Å². The zero-order valence-corrected chi connectivity index (χ0v) is 17.8. The Kier molecular flexibility index (Phi) is 6.41. The van der Waals surface area contributed by atoms with Gasteiger partial charge in [-0.05, 0) is 35.7 Å². The summed E-state index contributed by atoms with van der Waals surface area (Å²) in [5.41, 5.74) is 1.53. The molecule has 3 aromatic heterocycles. The van der Waals surface area contributed by atoms with Crippen molar-refractivity contribution >= 4 is 29.0 Å². The third-order valence-corrected chi connectivity index (χ3v) is 6.02.